The number of hydrogen-bond donors (Lipinski definition) is 2. The molecule has 116 valence electrons. The van der Waals surface area contributed by atoms with E-state index in [-0.39, 0.29) is 0 Å². The minimum absolute atomic E-state index is 1.19. The van der Waals surface area contributed by atoms with Gasteiger partial charge in [0.15, 0.2) is 0 Å². The summed E-state index contributed by atoms with van der Waals surface area (Å²) in [4.78, 5) is 6.36. The maximum Gasteiger partial charge on any atom is 0.0475 e. The molecule has 0 radical (unpaired) electrons. The first-order valence-electron chi connectivity index (χ1n) is 7.75. The molecule has 0 aliphatic carbocycles. The summed E-state index contributed by atoms with van der Waals surface area (Å²) >= 11 is 3.62. The highest BCUT2D eigenvalue weighted by Crippen LogP contribution is 2.29. The molecule has 2 aromatic carbocycles. The van der Waals surface area contributed by atoms with Crippen LogP contribution in [0, 0.1) is 0 Å². The predicted octanol–water partition coefficient (Wildman–Crippen LogP) is 6.77. The second-order valence-electron chi connectivity index (χ2n) is 5.75. The average Bonchev–Trinajstić information content (AvgIpc) is 3.35. The third-order valence-corrected chi connectivity index (χ3v) is 6.01. The van der Waals surface area contributed by atoms with Gasteiger partial charge in [0.1, 0.15) is 0 Å². The Morgan fingerprint density at radius 2 is 1.08 bits per heavy atom. The Kier molecular flexibility index (Phi) is 3.18. The molecule has 4 heterocycles. The fourth-order valence-corrected chi connectivity index (χ4v) is 4.72. The predicted molar refractivity (Wildman–Crippen MR) is 107 cm³/mol. The highest BCUT2D eigenvalue weighted by Gasteiger charge is 1.99. The molecule has 0 unspecified atom stereocenters. The van der Waals surface area contributed by atoms with Gasteiger partial charge in [-0.15, -0.1) is 22.7 Å². The number of H-pyrrole nitrogens is 2. The van der Waals surface area contributed by atoms with Crippen LogP contribution in [-0.2, 0) is 0 Å². The topological polar surface area (TPSA) is 31.6 Å². The Labute approximate surface area is 146 Å². The van der Waals surface area contributed by atoms with Gasteiger partial charge in [0.05, 0.1) is 0 Å². The molecule has 4 heteroatoms. The van der Waals surface area contributed by atoms with Crippen molar-refractivity contribution < 1.29 is 0 Å². The second kappa shape index (κ2) is 5.51. The lowest BCUT2D eigenvalue weighted by atomic mass is 10.2. The van der Waals surface area contributed by atoms with Gasteiger partial charge in [0.25, 0.3) is 0 Å². The van der Waals surface area contributed by atoms with E-state index in [1.165, 1.54) is 42.0 Å². The zero-order valence-corrected chi connectivity index (χ0v) is 14.4. The van der Waals surface area contributed by atoms with Crippen molar-refractivity contribution in [3.63, 3.8) is 0 Å². The molecule has 0 aliphatic rings. The van der Waals surface area contributed by atoms with Gasteiger partial charge in [-0.1, -0.05) is 0 Å². The van der Waals surface area contributed by atoms with Crippen LogP contribution in [0.4, 0.5) is 0 Å². The van der Waals surface area contributed by atoms with Crippen molar-refractivity contribution in [3.8, 4) is 0 Å². The number of nitrogens with one attached hydrogen (secondary N) is 2. The molecule has 6 rings (SSSR count). The Morgan fingerprint density at radius 1 is 0.542 bits per heavy atom. The monoisotopic (exact) mass is 346 g/mol. The Bertz CT molecular complexity index is 984. The van der Waals surface area contributed by atoms with Gasteiger partial charge >= 0.3 is 0 Å². The second-order valence-corrected chi connectivity index (χ2v) is 7.65. The molecule has 0 amide bonds. The van der Waals surface area contributed by atoms with Crippen LogP contribution in [0.1, 0.15) is 0 Å². The van der Waals surface area contributed by atoms with Crippen molar-refractivity contribution in [2.24, 2.45) is 0 Å². The highest BCUT2D eigenvalue weighted by molar-refractivity contribution is 7.19. The SMILES string of the molecule is c1cc2cc3cc[nH]c3cc2[nH]1.c1cc2cc3ccsc3cc2s1. The molecule has 0 atom stereocenters. The lowest BCUT2D eigenvalue weighted by Gasteiger charge is -1.90. The lowest BCUT2D eigenvalue weighted by Crippen LogP contribution is -1.69. The Morgan fingerprint density at radius 3 is 1.67 bits per heavy atom. The third-order valence-electron chi connectivity index (χ3n) is 4.25. The van der Waals surface area contributed by atoms with E-state index in [2.05, 4.69) is 69.3 Å². The van der Waals surface area contributed by atoms with Gasteiger partial charge in [-0.25, -0.2) is 0 Å². The van der Waals surface area contributed by atoms with Gasteiger partial charge in [-0.2, -0.15) is 0 Å². The van der Waals surface area contributed by atoms with Crippen molar-refractivity contribution in [3.05, 3.63) is 71.7 Å². The van der Waals surface area contributed by atoms with E-state index in [4.69, 9.17) is 0 Å². The van der Waals surface area contributed by atoms with Gasteiger partial charge < -0.3 is 9.97 Å². The Balaban J connectivity index is 0.000000109. The van der Waals surface area contributed by atoms with E-state index in [1.807, 2.05) is 35.1 Å². The van der Waals surface area contributed by atoms with Crippen molar-refractivity contribution in [1.82, 2.24) is 9.97 Å². The van der Waals surface area contributed by atoms with Crippen LogP contribution in [-0.4, -0.2) is 9.97 Å². The molecule has 0 saturated carbocycles. The first kappa shape index (κ1) is 13.8. The quantitative estimate of drug-likeness (QED) is 0.304. The first-order valence-corrected chi connectivity index (χ1v) is 9.51. The summed E-state index contributed by atoms with van der Waals surface area (Å²) in [5, 5.41) is 9.56. The molecule has 4 aromatic heterocycles. The molecule has 24 heavy (non-hydrogen) atoms. The number of aromatic amines is 2. The summed E-state index contributed by atoms with van der Waals surface area (Å²) in [6.07, 6.45) is 3.92. The fourth-order valence-electron chi connectivity index (χ4n) is 3.02. The highest BCUT2D eigenvalue weighted by atomic mass is 32.1. The van der Waals surface area contributed by atoms with Crippen LogP contribution in [0.25, 0.3) is 42.0 Å². The summed E-state index contributed by atoms with van der Waals surface area (Å²) in [6.45, 7) is 0. The van der Waals surface area contributed by atoms with Crippen LogP contribution < -0.4 is 0 Å². The number of rotatable bonds is 0. The van der Waals surface area contributed by atoms with E-state index in [1.54, 1.807) is 0 Å². The van der Waals surface area contributed by atoms with E-state index in [0.29, 0.717) is 0 Å². The summed E-state index contributed by atoms with van der Waals surface area (Å²) in [5.41, 5.74) is 2.37. The van der Waals surface area contributed by atoms with Gasteiger partial charge in [0, 0.05) is 43.6 Å². The van der Waals surface area contributed by atoms with E-state index in [0.717, 1.165) is 0 Å². The molecular weight excluding hydrogens is 332 g/mol. The number of thiophene rings is 2. The molecule has 0 aliphatic heterocycles. The summed E-state index contributed by atoms with van der Waals surface area (Å²) in [5.74, 6) is 0. The molecule has 2 nitrogen and oxygen atoms in total. The minimum Gasteiger partial charge on any atom is -0.361 e. The maximum absolute atomic E-state index is 3.18. The molecule has 0 saturated heterocycles. The van der Waals surface area contributed by atoms with Gasteiger partial charge in [-0.3, -0.25) is 0 Å². The summed E-state index contributed by atoms with van der Waals surface area (Å²) < 4.78 is 2.79. The minimum atomic E-state index is 1.19. The molecule has 2 N–H and O–H groups in total. The van der Waals surface area contributed by atoms with Crippen molar-refractivity contribution in [1.29, 1.82) is 0 Å². The maximum atomic E-state index is 3.18. The molecule has 0 bridgehead atoms. The molecule has 6 aromatic rings. The van der Waals surface area contributed by atoms with Crippen molar-refractivity contribution in [2.45, 2.75) is 0 Å². The van der Waals surface area contributed by atoms with Crippen LogP contribution in [0.15, 0.2) is 71.7 Å². The fraction of sp³-hybridized carbons (Fsp3) is 0. The number of hydrogen-bond acceptors (Lipinski definition) is 2. The normalized spacial score (nSPS) is 11.3. The van der Waals surface area contributed by atoms with Crippen LogP contribution in [0.3, 0.4) is 0 Å². The average molecular weight is 346 g/mol. The lowest BCUT2D eigenvalue weighted by molar-refractivity contribution is 1.46. The van der Waals surface area contributed by atoms with E-state index < -0.39 is 0 Å². The van der Waals surface area contributed by atoms with Crippen molar-refractivity contribution in [2.75, 3.05) is 0 Å². The summed E-state index contributed by atoms with van der Waals surface area (Å²) in [6, 6.07) is 17.4. The van der Waals surface area contributed by atoms with Crippen LogP contribution in [0.5, 0.6) is 0 Å². The smallest absolute Gasteiger partial charge is 0.0475 e. The van der Waals surface area contributed by atoms with Crippen LogP contribution >= 0.6 is 22.7 Å². The van der Waals surface area contributed by atoms with Gasteiger partial charge in [0.2, 0.25) is 0 Å². The standard InChI is InChI=1S/C10H8N2.C10H6S2/c2*1-3-11-9-6-10-8(2-4-12-10)5-7(1)9/h1-6,11-12H;1-6H. The zero-order valence-electron chi connectivity index (χ0n) is 12.7. The zero-order chi connectivity index (χ0) is 15.9. The number of aromatic nitrogens is 2. The summed E-state index contributed by atoms with van der Waals surface area (Å²) in [7, 11) is 0. The third kappa shape index (κ3) is 2.31. The molecule has 0 spiro atoms. The Hall–Kier alpha value is -2.56. The van der Waals surface area contributed by atoms with E-state index >= 15 is 0 Å². The first-order chi connectivity index (χ1) is 11.9. The molecule has 0 fully saturated rings. The van der Waals surface area contributed by atoms with Crippen molar-refractivity contribution >= 4 is 64.7 Å². The molecular formula is C20H14N2S2. The largest absolute Gasteiger partial charge is 0.361 e. The van der Waals surface area contributed by atoms with E-state index in [9.17, 15) is 0 Å². The van der Waals surface area contributed by atoms with Gasteiger partial charge in [-0.05, 0) is 70.1 Å². The number of benzene rings is 2. The number of fused-ring (bicyclic) bond motifs is 4. The van der Waals surface area contributed by atoms with Crippen LogP contribution in [0.2, 0.25) is 0 Å².